The molecule has 11 heteroatoms. The Balaban J connectivity index is 0.000000345. The first-order valence-electron chi connectivity index (χ1n) is 8.72. The van der Waals surface area contributed by atoms with Crippen LogP contribution >= 0.6 is 11.3 Å². The zero-order valence-corrected chi connectivity index (χ0v) is 16.8. The Labute approximate surface area is 165 Å². The Hall–Kier alpha value is -1.72. The fraction of sp³-hybridized carbons (Fsp3) is 0.706. The summed E-state index contributed by atoms with van der Waals surface area (Å²) in [4.78, 5) is 31.4. The van der Waals surface area contributed by atoms with Gasteiger partial charge in [0.05, 0.1) is 22.7 Å². The number of carboxylic acid groups (broad SMARTS) is 1. The molecule has 28 heavy (non-hydrogen) atoms. The fourth-order valence-electron chi connectivity index (χ4n) is 3.60. The molecule has 0 unspecified atom stereocenters. The molecule has 0 radical (unpaired) electrons. The number of halogens is 3. The number of hydrogen-bond acceptors (Lipinski definition) is 6. The molecule has 1 aromatic heterocycles. The van der Waals surface area contributed by atoms with Crippen molar-refractivity contribution in [3.63, 3.8) is 0 Å². The number of aliphatic carboxylic acids is 1. The Bertz CT molecular complexity index is 710. The number of carboxylic acids is 1. The molecule has 2 atom stereocenters. The van der Waals surface area contributed by atoms with Crippen LogP contribution in [0.25, 0.3) is 0 Å². The predicted molar refractivity (Wildman–Crippen MR) is 95.9 cm³/mol. The minimum Gasteiger partial charge on any atom is -0.475 e. The molecule has 0 saturated carbocycles. The largest absolute Gasteiger partial charge is 0.490 e. The number of alkyl halides is 3. The lowest BCUT2D eigenvalue weighted by atomic mass is 9.75. The molecule has 3 rings (SSSR count). The molecule has 158 valence electrons. The number of hydrogen-bond donors (Lipinski definition) is 1. The summed E-state index contributed by atoms with van der Waals surface area (Å²) in [6.45, 7) is 5.44. The van der Waals surface area contributed by atoms with E-state index in [9.17, 15) is 18.0 Å². The maximum absolute atomic E-state index is 12.7. The second-order valence-electron chi connectivity index (χ2n) is 7.13. The summed E-state index contributed by atoms with van der Waals surface area (Å²) < 4.78 is 37.6. The lowest BCUT2D eigenvalue weighted by molar-refractivity contribution is -0.192. The van der Waals surface area contributed by atoms with Gasteiger partial charge in [0, 0.05) is 45.2 Å². The van der Waals surface area contributed by atoms with Crippen molar-refractivity contribution in [2.24, 2.45) is 5.41 Å². The number of aryl methyl sites for hydroxylation is 1. The molecule has 0 aromatic carbocycles. The highest BCUT2D eigenvalue weighted by Gasteiger charge is 2.53. The number of piperidine rings is 1. The van der Waals surface area contributed by atoms with Crippen LogP contribution in [0.1, 0.15) is 23.4 Å². The van der Waals surface area contributed by atoms with Crippen molar-refractivity contribution in [3.05, 3.63) is 16.1 Å². The van der Waals surface area contributed by atoms with Crippen LogP contribution in [0.2, 0.25) is 0 Å². The van der Waals surface area contributed by atoms with Crippen molar-refractivity contribution in [1.29, 1.82) is 0 Å². The predicted octanol–water partition coefficient (Wildman–Crippen LogP) is 2.15. The van der Waals surface area contributed by atoms with Crippen molar-refractivity contribution >= 4 is 23.2 Å². The topological polar surface area (TPSA) is 83.0 Å². The number of rotatable bonds is 3. The van der Waals surface area contributed by atoms with Crippen molar-refractivity contribution < 1.29 is 32.6 Å². The fourth-order valence-corrected chi connectivity index (χ4v) is 4.41. The highest BCUT2D eigenvalue weighted by Crippen LogP contribution is 2.42. The van der Waals surface area contributed by atoms with Crippen LogP contribution in [0.15, 0.2) is 5.51 Å². The van der Waals surface area contributed by atoms with Crippen molar-refractivity contribution in [2.75, 3.05) is 33.8 Å². The van der Waals surface area contributed by atoms with E-state index in [1.807, 2.05) is 19.6 Å². The Kier molecular flexibility index (Phi) is 7.05. The standard InChI is InChI=1S/C15H23N3O2S.C2HF3O2/c1-11-12(21-10-16-11)8-18-6-4-13-15(9-18,5-7-20-13)14(19)17(2)3;3-2(4,5)1(6)7/h10,13H,4-9H2,1-3H3;(H,6,7)/t13-,15-;/m1./s1. The summed E-state index contributed by atoms with van der Waals surface area (Å²) >= 11 is 1.70. The van der Waals surface area contributed by atoms with Gasteiger partial charge in [-0.25, -0.2) is 9.78 Å². The second kappa shape index (κ2) is 8.75. The minimum atomic E-state index is -5.08. The maximum Gasteiger partial charge on any atom is 0.490 e. The molecule has 0 bridgehead atoms. The van der Waals surface area contributed by atoms with Gasteiger partial charge < -0.3 is 14.7 Å². The zero-order chi connectivity index (χ0) is 21.1. The molecule has 2 fully saturated rings. The smallest absolute Gasteiger partial charge is 0.475 e. The van der Waals surface area contributed by atoms with Crippen LogP contribution in [0, 0.1) is 12.3 Å². The summed E-state index contributed by atoms with van der Waals surface area (Å²) in [7, 11) is 3.69. The summed E-state index contributed by atoms with van der Waals surface area (Å²) in [6.07, 6.45) is -3.21. The van der Waals surface area contributed by atoms with Gasteiger partial charge in [0.2, 0.25) is 5.91 Å². The van der Waals surface area contributed by atoms with E-state index < -0.39 is 12.1 Å². The molecule has 2 saturated heterocycles. The molecule has 2 aliphatic heterocycles. The van der Waals surface area contributed by atoms with Gasteiger partial charge in [0.15, 0.2) is 0 Å². The molecule has 2 aliphatic rings. The van der Waals surface area contributed by atoms with E-state index in [-0.39, 0.29) is 17.4 Å². The van der Waals surface area contributed by atoms with Gasteiger partial charge in [0.1, 0.15) is 0 Å². The average Bonchev–Trinajstić information content (AvgIpc) is 3.20. The summed E-state index contributed by atoms with van der Waals surface area (Å²) in [6, 6.07) is 0. The van der Waals surface area contributed by atoms with E-state index >= 15 is 0 Å². The summed E-state index contributed by atoms with van der Waals surface area (Å²) in [5, 5.41) is 7.12. The first-order valence-corrected chi connectivity index (χ1v) is 9.60. The van der Waals surface area contributed by atoms with Crippen LogP contribution in [-0.2, 0) is 20.9 Å². The maximum atomic E-state index is 12.7. The first-order chi connectivity index (χ1) is 13.0. The van der Waals surface area contributed by atoms with Crippen molar-refractivity contribution in [3.8, 4) is 0 Å². The third kappa shape index (κ3) is 5.00. The molecular formula is C17H24F3N3O4S. The van der Waals surface area contributed by atoms with Crippen LogP contribution in [0.5, 0.6) is 0 Å². The number of aromatic nitrogens is 1. The van der Waals surface area contributed by atoms with E-state index in [2.05, 4.69) is 16.8 Å². The van der Waals surface area contributed by atoms with Crippen LogP contribution in [-0.4, -0.2) is 77.8 Å². The van der Waals surface area contributed by atoms with E-state index in [1.165, 1.54) is 4.88 Å². The monoisotopic (exact) mass is 423 g/mol. The van der Waals surface area contributed by atoms with Crippen molar-refractivity contribution in [2.45, 2.75) is 38.6 Å². The van der Waals surface area contributed by atoms with Gasteiger partial charge in [-0.15, -0.1) is 11.3 Å². The van der Waals surface area contributed by atoms with Gasteiger partial charge in [-0.1, -0.05) is 0 Å². The SMILES string of the molecule is Cc1ncsc1CN1CC[C@H]2OCC[C@@]2(C(=O)N(C)C)C1.O=C(O)C(F)(F)F. The summed E-state index contributed by atoms with van der Waals surface area (Å²) in [5.41, 5.74) is 2.66. The highest BCUT2D eigenvalue weighted by atomic mass is 32.1. The van der Waals surface area contributed by atoms with Gasteiger partial charge in [-0.2, -0.15) is 13.2 Å². The van der Waals surface area contributed by atoms with E-state index in [0.29, 0.717) is 6.61 Å². The average molecular weight is 423 g/mol. The zero-order valence-electron chi connectivity index (χ0n) is 16.0. The van der Waals surface area contributed by atoms with Gasteiger partial charge in [-0.3, -0.25) is 9.69 Å². The lowest BCUT2D eigenvalue weighted by Gasteiger charge is -2.43. The Morgan fingerprint density at radius 2 is 2.11 bits per heavy atom. The summed E-state index contributed by atoms with van der Waals surface area (Å²) in [5.74, 6) is -2.54. The normalized spacial score (nSPS) is 24.9. The molecule has 1 aromatic rings. The molecule has 1 amide bonds. The number of carbonyl (C=O) groups excluding carboxylic acids is 1. The molecule has 3 heterocycles. The third-order valence-electron chi connectivity index (χ3n) is 4.98. The van der Waals surface area contributed by atoms with Gasteiger partial charge in [0.25, 0.3) is 0 Å². The van der Waals surface area contributed by atoms with Crippen LogP contribution in [0.4, 0.5) is 13.2 Å². The minimum absolute atomic E-state index is 0.0891. The molecule has 1 N–H and O–H groups in total. The molecule has 7 nitrogen and oxygen atoms in total. The van der Waals surface area contributed by atoms with Crippen LogP contribution < -0.4 is 0 Å². The number of amides is 1. The van der Waals surface area contributed by atoms with E-state index in [1.54, 1.807) is 16.2 Å². The van der Waals surface area contributed by atoms with Gasteiger partial charge in [-0.05, 0) is 19.8 Å². The quantitative estimate of drug-likeness (QED) is 0.802. The second-order valence-corrected chi connectivity index (χ2v) is 8.07. The van der Waals surface area contributed by atoms with E-state index in [0.717, 1.165) is 38.2 Å². The molecule has 0 spiro atoms. The number of nitrogens with zero attached hydrogens (tertiary/aromatic N) is 3. The lowest BCUT2D eigenvalue weighted by Crippen LogP contribution is -2.56. The number of likely N-dealkylation sites (tertiary alicyclic amines) is 1. The highest BCUT2D eigenvalue weighted by molar-refractivity contribution is 7.09. The third-order valence-corrected chi connectivity index (χ3v) is 5.90. The Morgan fingerprint density at radius 1 is 1.46 bits per heavy atom. The number of ether oxygens (including phenoxy) is 1. The van der Waals surface area contributed by atoms with Crippen LogP contribution in [0.3, 0.4) is 0 Å². The van der Waals surface area contributed by atoms with E-state index in [4.69, 9.17) is 14.6 Å². The van der Waals surface area contributed by atoms with Crippen molar-refractivity contribution in [1.82, 2.24) is 14.8 Å². The first kappa shape index (κ1) is 22.6. The number of thiazole rings is 1. The molecular weight excluding hydrogens is 399 g/mol. The number of fused-ring (bicyclic) bond motifs is 1. The van der Waals surface area contributed by atoms with Gasteiger partial charge >= 0.3 is 12.1 Å². The number of carbonyl (C=O) groups is 2. The molecule has 0 aliphatic carbocycles. The Morgan fingerprint density at radius 3 is 2.61 bits per heavy atom.